The molecule has 3 rings (SSSR count). The van der Waals surface area contributed by atoms with Crippen LogP contribution in [-0.4, -0.2) is 28.0 Å². The van der Waals surface area contributed by atoms with Crippen molar-refractivity contribution in [3.63, 3.8) is 0 Å². The number of piperidine rings is 1. The fraction of sp³-hybridized carbons (Fsp3) is 0.714. The molecule has 3 atom stereocenters. The molecule has 1 amide bonds. The smallest absolute Gasteiger partial charge is 0.237 e. The largest absolute Gasteiger partial charge is 0.348 e. The molecule has 1 aromatic rings. The highest BCUT2D eigenvalue weighted by molar-refractivity contribution is 5.81. The van der Waals surface area contributed by atoms with Crippen LogP contribution in [0.4, 0.5) is 0 Å². The minimum Gasteiger partial charge on any atom is -0.348 e. The maximum absolute atomic E-state index is 12.2. The lowest BCUT2D eigenvalue weighted by Gasteiger charge is -2.39. The minimum atomic E-state index is -0.0192. The minimum absolute atomic E-state index is 0.0192. The van der Waals surface area contributed by atoms with Crippen LogP contribution in [0.3, 0.4) is 0 Å². The van der Waals surface area contributed by atoms with Crippen LogP contribution in [0.1, 0.15) is 44.3 Å². The van der Waals surface area contributed by atoms with Gasteiger partial charge in [-0.15, -0.1) is 0 Å². The molecular formula is C14H22N4O. The maximum Gasteiger partial charge on any atom is 0.237 e. The summed E-state index contributed by atoms with van der Waals surface area (Å²) < 4.78 is 0. The van der Waals surface area contributed by atoms with Crippen LogP contribution < -0.4 is 10.6 Å². The van der Waals surface area contributed by atoms with Crippen molar-refractivity contribution in [2.24, 2.45) is 5.92 Å². The van der Waals surface area contributed by atoms with Gasteiger partial charge in [0.25, 0.3) is 0 Å². The Hall–Kier alpha value is -1.36. The SMILES string of the molecule is O=C(NCc1ncc[nH]1)C1CCC2CCCCC2N1. The van der Waals surface area contributed by atoms with Crippen LogP contribution in [0.15, 0.2) is 12.4 Å². The maximum atomic E-state index is 12.2. The first kappa shape index (κ1) is 12.7. The Morgan fingerprint density at radius 2 is 2.21 bits per heavy atom. The predicted octanol–water partition coefficient (Wildman–Crippen LogP) is 1.34. The molecule has 5 heteroatoms. The monoisotopic (exact) mass is 262 g/mol. The van der Waals surface area contributed by atoms with E-state index in [0.717, 1.165) is 18.2 Å². The van der Waals surface area contributed by atoms with Crippen LogP contribution in [0.2, 0.25) is 0 Å². The van der Waals surface area contributed by atoms with Crippen LogP contribution in [0.5, 0.6) is 0 Å². The lowest BCUT2D eigenvalue weighted by molar-refractivity contribution is -0.124. The van der Waals surface area contributed by atoms with Gasteiger partial charge in [-0.2, -0.15) is 0 Å². The Morgan fingerprint density at radius 3 is 3.05 bits per heavy atom. The lowest BCUT2D eigenvalue weighted by atomic mass is 9.77. The second-order valence-electron chi connectivity index (χ2n) is 5.70. The molecule has 3 N–H and O–H groups in total. The summed E-state index contributed by atoms with van der Waals surface area (Å²) in [6.45, 7) is 0.484. The molecule has 104 valence electrons. The zero-order chi connectivity index (χ0) is 13.1. The van der Waals surface area contributed by atoms with E-state index in [2.05, 4.69) is 20.6 Å². The van der Waals surface area contributed by atoms with Crippen molar-refractivity contribution < 1.29 is 4.79 Å². The fourth-order valence-electron chi connectivity index (χ4n) is 3.39. The van der Waals surface area contributed by atoms with Crippen LogP contribution in [0, 0.1) is 5.92 Å². The van der Waals surface area contributed by atoms with Gasteiger partial charge in [0.2, 0.25) is 5.91 Å². The lowest BCUT2D eigenvalue weighted by Crippen LogP contribution is -2.54. The molecule has 0 aromatic carbocycles. The van der Waals surface area contributed by atoms with Crippen molar-refractivity contribution >= 4 is 5.91 Å². The van der Waals surface area contributed by atoms with E-state index in [9.17, 15) is 4.79 Å². The number of nitrogens with zero attached hydrogens (tertiary/aromatic N) is 1. The molecule has 2 heterocycles. The fourth-order valence-corrected chi connectivity index (χ4v) is 3.39. The van der Waals surface area contributed by atoms with Crippen LogP contribution >= 0.6 is 0 Å². The standard InChI is InChI=1S/C14H22N4O/c19-14(17-9-13-15-7-8-16-13)12-6-5-10-3-1-2-4-11(10)18-12/h7-8,10-12,18H,1-6,9H2,(H,15,16)(H,17,19). The van der Waals surface area contributed by atoms with E-state index >= 15 is 0 Å². The summed E-state index contributed by atoms with van der Waals surface area (Å²) in [4.78, 5) is 19.3. The molecule has 0 bridgehead atoms. The number of carbonyl (C=O) groups is 1. The quantitative estimate of drug-likeness (QED) is 0.770. The number of imidazole rings is 1. The average Bonchev–Trinajstić information content (AvgIpc) is 2.97. The highest BCUT2D eigenvalue weighted by Gasteiger charge is 2.34. The van der Waals surface area contributed by atoms with Crippen molar-refractivity contribution in [3.05, 3.63) is 18.2 Å². The predicted molar refractivity (Wildman–Crippen MR) is 72.3 cm³/mol. The number of amides is 1. The van der Waals surface area contributed by atoms with Gasteiger partial charge in [0.05, 0.1) is 12.6 Å². The number of H-pyrrole nitrogens is 1. The van der Waals surface area contributed by atoms with E-state index in [1.165, 1.54) is 32.1 Å². The first-order valence-corrected chi connectivity index (χ1v) is 7.35. The van der Waals surface area contributed by atoms with Crippen molar-refractivity contribution in [2.75, 3.05) is 0 Å². The van der Waals surface area contributed by atoms with E-state index in [1.807, 2.05) is 0 Å². The topological polar surface area (TPSA) is 69.8 Å². The van der Waals surface area contributed by atoms with Crippen LogP contribution in [0.25, 0.3) is 0 Å². The molecule has 3 unspecified atom stereocenters. The zero-order valence-electron chi connectivity index (χ0n) is 11.2. The summed E-state index contributed by atoms with van der Waals surface area (Å²) in [5.41, 5.74) is 0. The molecule has 2 fully saturated rings. The average molecular weight is 262 g/mol. The highest BCUT2D eigenvalue weighted by atomic mass is 16.2. The number of rotatable bonds is 3. The van der Waals surface area contributed by atoms with Gasteiger partial charge < -0.3 is 15.6 Å². The number of carbonyl (C=O) groups excluding carboxylic acids is 1. The summed E-state index contributed by atoms with van der Waals surface area (Å²) in [6.07, 6.45) is 10.8. The Labute approximate surface area is 113 Å². The van der Waals surface area contributed by atoms with Gasteiger partial charge in [0.1, 0.15) is 5.82 Å². The number of hydrogen-bond acceptors (Lipinski definition) is 3. The summed E-state index contributed by atoms with van der Waals surface area (Å²) in [7, 11) is 0. The number of aromatic amines is 1. The molecule has 1 saturated carbocycles. The summed E-state index contributed by atoms with van der Waals surface area (Å²) in [5.74, 6) is 1.71. The van der Waals surface area contributed by atoms with Crippen molar-refractivity contribution in [2.45, 2.75) is 57.2 Å². The molecule has 0 spiro atoms. The van der Waals surface area contributed by atoms with Gasteiger partial charge in [-0.25, -0.2) is 4.98 Å². The van der Waals surface area contributed by atoms with Crippen molar-refractivity contribution in [1.82, 2.24) is 20.6 Å². The van der Waals surface area contributed by atoms with E-state index in [-0.39, 0.29) is 11.9 Å². The van der Waals surface area contributed by atoms with E-state index < -0.39 is 0 Å². The van der Waals surface area contributed by atoms with E-state index in [4.69, 9.17) is 0 Å². The van der Waals surface area contributed by atoms with Crippen molar-refractivity contribution in [1.29, 1.82) is 0 Å². The third kappa shape index (κ3) is 2.97. The van der Waals surface area contributed by atoms with Crippen molar-refractivity contribution in [3.8, 4) is 0 Å². The van der Waals surface area contributed by atoms with E-state index in [0.29, 0.717) is 12.6 Å². The summed E-state index contributed by atoms with van der Waals surface area (Å²) in [5, 5.41) is 6.50. The van der Waals surface area contributed by atoms with Crippen LogP contribution in [-0.2, 0) is 11.3 Å². The third-order valence-electron chi connectivity index (χ3n) is 4.45. The Bertz CT molecular complexity index is 417. The molecule has 2 aliphatic rings. The number of hydrogen-bond donors (Lipinski definition) is 3. The highest BCUT2D eigenvalue weighted by Crippen LogP contribution is 2.32. The molecule has 0 radical (unpaired) electrons. The molecule has 5 nitrogen and oxygen atoms in total. The Kier molecular flexibility index (Phi) is 3.82. The van der Waals surface area contributed by atoms with Gasteiger partial charge in [0.15, 0.2) is 0 Å². The molecular weight excluding hydrogens is 240 g/mol. The zero-order valence-corrected chi connectivity index (χ0v) is 11.2. The molecule has 1 aromatic heterocycles. The number of aromatic nitrogens is 2. The van der Waals surface area contributed by atoms with Gasteiger partial charge in [-0.3, -0.25) is 4.79 Å². The van der Waals surface area contributed by atoms with Gasteiger partial charge in [0, 0.05) is 18.4 Å². The van der Waals surface area contributed by atoms with Gasteiger partial charge >= 0.3 is 0 Å². The normalized spacial score (nSPS) is 30.6. The number of nitrogens with one attached hydrogen (secondary N) is 3. The first-order chi connectivity index (χ1) is 9.33. The molecule has 19 heavy (non-hydrogen) atoms. The summed E-state index contributed by atoms with van der Waals surface area (Å²) >= 11 is 0. The third-order valence-corrected chi connectivity index (χ3v) is 4.45. The molecule has 1 aliphatic carbocycles. The Morgan fingerprint density at radius 1 is 1.32 bits per heavy atom. The second-order valence-corrected chi connectivity index (χ2v) is 5.70. The van der Waals surface area contributed by atoms with Gasteiger partial charge in [-0.05, 0) is 31.6 Å². The second kappa shape index (κ2) is 5.74. The van der Waals surface area contributed by atoms with E-state index in [1.54, 1.807) is 12.4 Å². The Balaban J connectivity index is 1.50. The molecule has 1 saturated heterocycles. The molecule has 1 aliphatic heterocycles. The number of fused-ring (bicyclic) bond motifs is 1. The first-order valence-electron chi connectivity index (χ1n) is 7.35. The summed E-state index contributed by atoms with van der Waals surface area (Å²) in [6, 6.07) is 0.538. The van der Waals surface area contributed by atoms with Gasteiger partial charge in [-0.1, -0.05) is 12.8 Å².